The maximum atomic E-state index is 12.4. The van der Waals surface area contributed by atoms with Gasteiger partial charge >= 0.3 is 0 Å². The average molecular weight is 460 g/mol. The van der Waals surface area contributed by atoms with Gasteiger partial charge in [0.1, 0.15) is 0 Å². The van der Waals surface area contributed by atoms with Crippen molar-refractivity contribution in [2.24, 2.45) is 5.92 Å². The van der Waals surface area contributed by atoms with Crippen molar-refractivity contribution in [3.63, 3.8) is 0 Å². The highest BCUT2D eigenvalue weighted by Crippen LogP contribution is 2.35. The molecule has 0 atom stereocenters. The summed E-state index contributed by atoms with van der Waals surface area (Å²) in [4.78, 5) is 16.8. The Kier molecular flexibility index (Phi) is 5.54. The minimum Gasteiger partial charge on any atom is -0.395 e. The summed E-state index contributed by atoms with van der Waals surface area (Å²) in [5, 5.41) is 18.1. The second-order valence-corrected chi connectivity index (χ2v) is 10.1. The molecular formula is C27H33N5O2. The summed E-state index contributed by atoms with van der Waals surface area (Å²) in [5.41, 5.74) is 5.65. The number of hydrogen-bond acceptors (Lipinski definition) is 5. The van der Waals surface area contributed by atoms with Gasteiger partial charge in [-0.05, 0) is 62.0 Å². The fourth-order valence-corrected chi connectivity index (χ4v) is 5.64. The van der Waals surface area contributed by atoms with Gasteiger partial charge in [-0.25, -0.2) is 4.52 Å². The number of fused-ring (bicyclic) bond motifs is 1. The number of nitrogens with one attached hydrogen (secondary N) is 1. The fraction of sp³-hybridized carbons (Fsp3) is 0.481. The van der Waals surface area contributed by atoms with Gasteiger partial charge in [-0.15, -0.1) is 0 Å². The monoisotopic (exact) mass is 459 g/mol. The summed E-state index contributed by atoms with van der Waals surface area (Å²) in [5.74, 6) is 0.640. The number of aliphatic hydroxyl groups is 1. The summed E-state index contributed by atoms with van der Waals surface area (Å²) in [7, 11) is 0. The molecule has 3 aromatic rings. The second kappa shape index (κ2) is 8.71. The molecule has 34 heavy (non-hydrogen) atoms. The van der Waals surface area contributed by atoms with Crippen LogP contribution in [-0.2, 0) is 10.2 Å². The maximum Gasteiger partial charge on any atom is 0.225 e. The Bertz CT molecular complexity index is 1170. The van der Waals surface area contributed by atoms with Crippen molar-refractivity contribution < 1.29 is 9.90 Å². The summed E-state index contributed by atoms with van der Waals surface area (Å²) in [6, 6.07) is 13.0. The lowest BCUT2D eigenvalue weighted by Crippen LogP contribution is -2.49. The maximum absolute atomic E-state index is 12.4. The number of carbonyl (C=O) groups excluding carboxylic acids is 1. The topological polar surface area (TPSA) is 73.1 Å². The van der Waals surface area contributed by atoms with Crippen LogP contribution in [-0.4, -0.2) is 71.4 Å². The van der Waals surface area contributed by atoms with Crippen molar-refractivity contribution in [1.82, 2.24) is 19.8 Å². The first kappa shape index (κ1) is 21.6. The SMILES string of the molecule is O=C(C1CC1)N1CCN(c2ccnn3cc(-c4ccc(C5(CO)CCNCC5)cc4)cc23)CC1. The third-order valence-corrected chi connectivity index (χ3v) is 8.04. The summed E-state index contributed by atoms with van der Waals surface area (Å²) < 4.78 is 1.96. The van der Waals surface area contributed by atoms with E-state index in [0.29, 0.717) is 11.8 Å². The van der Waals surface area contributed by atoms with Crippen LogP contribution in [0.4, 0.5) is 5.69 Å². The normalized spacial score (nSPS) is 20.6. The van der Waals surface area contributed by atoms with Crippen LogP contribution in [0.15, 0.2) is 48.8 Å². The van der Waals surface area contributed by atoms with Gasteiger partial charge in [0.15, 0.2) is 0 Å². The molecule has 0 bridgehead atoms. The molecule has 1 saturated carbocycles. The van der Waals surface area contributed by atoms with Crippen LogP contribution in [0.3, 0.4) is 0 Å². The first-order valence-electron chi connectivity index (χ1n) is 12.6. The number of anilines is 1. The largest absolute Gasteiger partial charge is 0.395 e. The molecule has 1 amide bonds. The number of aromatic nitrogens is 2. The van der Waals surface area contributed by atoms with Crippen molar-refractivity contribution >= 4 is 17.1 Å². The van der Waals surface area contributed by atoms with Crippen molar-refractivity contribution in [2.45, 2.75) is 31.1 Å². The van der Waals surface area contributed by atoms with Crippen molar-refractivity contribution in [2.75, 3.05) is 50.8 Å². The zero-order chi connectivity index (χ0) is 23.1. The van der Waals surface area contributed by atoms with Gasteiger partial charge in [0.05, 0.1) is 17.8 Å². The molecule has 2 aliphatic heterocycles. The molecule has 2 saturated heterocycles. The number of piperazine rings is 1. The number of carbonyl (C=O) groups is 1. The number of rotatable bonds is 5. The highest BCUT2D eigenvalue weighted by molar-refractivity contribution is 5.82. The van der Waals surface area contributed by atoms with E-state index in [9.17, 15) is 9.90 Å². The minimum absolute atomic E-state index is 0.132. The lowest BCUT2D eigenvalue weighted by molar-refractivity contribution is -0.132. The number of amides is 1. The number of nitrogens with zero attached hydrogens (tertiary/aromatic N) is 4. The van der Waals surface area contributed by atoms with Crippen LogP contribution in [0.5, 0.6) is 0 Å². The molecule has 7 heteroatoms. The van der Waals surface area contributed by atoms with Crippen molar-refractivity contribution in [3.05, 3.63) is 54.4 Å². The van der Waals surface area contributed by atoms with Gasteiger partial charge in [-0.3, -0.25) is 4.79 Å². The number of piperidine rings is 1. The van der Waals surface area contributed by atoms with Gasteiger partial charge < -0.3 is 20.2 Å². The number of benzene rings is 1. The zero-order valence-corrected chi connectivity index (χ0v) is 19.6. The predicted molar refractivity (Wildman–Crippen MR) is 133 cm³/mol. The molecule has 7 nitrogen and oxygen atoms in total. The molecular weight excluding hydrogens is 426 g/mol. The molecule has 178 valence electrons. The fourth-order valence-electron chi connectivity index (χ4n) is 5.64. The molecule has 1 aliphatic carbocycles. The quantitative estimate of drug-likeness (QED) is 0.614. The standard InChI is InChI=1S/C27H33N5O2/c33-19-27(8-11-28-12-9-27)23-5-3-20(4-6-23)22-17-25-24(7-10-29-32(25)18-22)30-13-15-31(16-14-30)26(34)21-1-2-21/h3-7,10,17-18,21,28,33H,1-2,8-9,11-16,19H2. The highest BCUT2D eigenvalue weighted by Gasteiger charge is 2.35. The highest BCUT2D eigenvalue weighted by atomic mass is 16.3. The molecule has 3 aliphatic rings. The van der Waals surface area contributed by atoms with E-state index in [2.05, 4.69) is 57.9 Å². The van der Waals surface area contributed by atoms with Crippen LogP contribution >= 0.6 is 0 Å². The zero-order valence-electron chi connectivity index (χ0n) is 19.6. The van der Waals surface area contributed by atoms with Crippen molar-refractivity contribution in [1.29, 1.82) is 0 Å². The van der Waals surface area contributed by atoms with E-state index in [1.807, 2.05) is 15.6 Å². The van der Waals surface area contributed by atoms with Gasteiger partial charge in [0.25, 0.3) is 0 Å². The van der Waals surface area contributed by atoms with E-state index < -0.39 is 0 Å². The van der Waals surface area contributed by atoms with Crippen LogP contribution in [0.1, 0.15) is 31.2 Å². The number of hydrogen-bond donors (Lipinski definition) is 2. The molecule has 2 N–H and O–H groups in total. The summed E-state index contributed by atoms with van der Waals surface area (Å²) in [6.45, 7) is 5.38. The van der Waals surface area contributed by atoms with E-state index in [4.69, 9.17) is 0 Å². The van der Waals surface area contributed by atoms with E-state index >= 15 is 0 Å². The predicted octanol–water partition coefficient (Wildman–Crippen LogP) is 2.67. The first-order valence-corrected chi connectivity index (χ1v) is 12.6. The van der Waals surface area contributed by atoms with Crippen LogP contribution < -0.4 is 10.2 Å². The van der Waals surface area contributed by atoms with Crippen LogP contribution in [0.25, 0.3) is 16.6 Å². The van der Waals surface area contributed by atoms with Crippen LogP contribution in [0, 0.1) is 5.92 Å². The van der Waals surface area contributed by atoms with Gasteiger partial charge in [-0.2, -0.15) is 5.10 Å². The molecule has 4 heterocycles. The molecule has 3 fully saturated rings. The Labute approximate surface area is 200 Å². The third kappa shape index (κ3) is 3.87. The van der Waals surface area contributed by atoms with Gasteiger partial charge in [-0.1, -0.05) is 24.3 Å². The Balaban J connectivity index is 1.23. The van der Waals surface area contributed by atoms with E-state index in [-0.39, 0.29) is 12.0 Å². The summed E-state index contributed by atoms with van der Waals surface area (Å²) in [6.07, 6.45) is 8.01. The molecule has 6 rings (SSSR count). The Morgan fingerprint density at radius 2 is 1.76 bits per heavy atom. The van der Waals surface area contributed by atoms with E-state index in [1.165, 1.54) is 11.3 Å². The van der Waals surface area contributed by atoms with Crippen molar-refractivity contribution in [3.8, 4) is 11.1 Å². The average Bonchev–Trinajstić information content (AvgIpc) is 3.66. The molecule has 0 radical (unpaired) electrons. The Morgan fingerprint density at radius 1 is 1.03 bits per heavy atom. The van der Waals surface area contributed by atoms with E-state index in [0.717, 1.165) is 81.6 Å². The molecule has 0 spiro atoms. The minimum atomic E-state index is -0.132. The Morgan fingerprint density at radius 3 is 2.44 bits per heavy atom. The van der Waals surface area contributed by atoms with Crippen LogP contribution in [0.2, 0.25) is 0 Å². The lowest BCUT2D eigenvalue weighted by Gasteiger charge is -2.36. The third-order valence-electron chi connectivity index (χ3n) is 8.04. The van der Waals surface area contributed by atoms with Gasteiger partial charge in [0.2, 0.25) is 5.91 Å². The molecule has 1 aromatic carbocycles. The molecule has 2 aromatic heterocycles. The smallest absolute Gasteiger partial charge is 0.225 e. The summed E-state index contributed by atoms with van der Waals surface area (Å²) >= 11 is 0. The van der Waals surface area contributed by atoms with E-state index in [1.54, 1.807) is 0 Å². The molecule has 0 unspecified atom stereocenters. The Hall–Kier alpha value is -2.90. The number of aliphatic hydroxyl groups excluding tert-OH is 1. The second-order valence-electron chi connectivity index (χ2n) is 10.1. The lowest BCUT2D eigenvalue weighted by atomic mass is 9.73. The van der Waals surface area contributed by atoms with Gasteiger partial charge in [0, 0.05) is 55.5 Å². The first-order chi connectivity index (χ1) is 16.7.